The first-order valence-electron chi connectivity index (χ1n) is 4.91. The van der Waals surface area contributed by atoms with Crippen molar-refractivity contribution < 1.29 is 0 Å². The van der Waals surface area contributed by atoms with Crippen LogP contribution in [-0.4, -0.2) is 10.2 Å². The Morgan fingerprint density at radius 3 is 2.69 bits per heavy atom. The number of nitrogens with one attached hydrogen (secondary N) is 1. The minimum absolute atomic E-state index is 0.482. The van der Waals surface area contributed by atoms with Gasteiger partial charge in [0.05, 0.1) is 10.0 Å². The average molecular weight is 256 g/mol. The summed E-state index contributed by atoms with van der Waals surface area (Å²) in [5.74, 6) is 0.482. The van der Waals surface area contributed by atoms with Crippen LogP contribution in [0.1, 0.15) is 12.6 Å². The number of hydrogen-bond donors (Lipinski definition) is 2. The number of nitrogen functional groups attached to an aromatic ring is 1. The molecule has 0 aliphatic rings. The van der Waals surface area contributed by atoms with E-state index in [-0.39, 0.29) is 0 Å². The first-order valence-corrected chi connectivity index (χ1v) is 5.67. The summed E-state index contributed by atoms with van der Waals surface area (Å²) in [5, 5.41) is 7.95. The minimum Gasteiger partial charge on any atom is -0.382 e. The summed E-state index contributed by atoms with van der Waals surface area (Å²) in [7, 11) is 0. The van der Waals surface area contributed by atoms with Crippen molar-refractivity contribution in [3.8, 4) is 11.1 Å². The number of nitrogens with zero attached hydrogens (tertiary/aromatic N) is 1. The molecule has 3 nitrogen and oxygen atoms in total. The topological polar surface area (TPSA) is 54.7 Å². The van der Waals surface area contributed by atoms with Gasteiger partial charge in [0.25, 0.3) is 0 Å². The molecule has 0 saturated carbocycles. The van der Waals surface area contributed by atoms with Crippen LogP contribution in [0.4, 0.5) is 5.82 Å². The molecular formula is C11H11Cl2N3. The van der Waals surface area contributed by atoms with Gasteiger partial charge < -0.3 is 5.73 Å². The van der Waals surface area contributed by atoms with Crippen LogP contribution in [0.3, 0.4) is 0 Å². The maximum atomic E-state index is 5.98. The average Bonchev–Trinajstić information content (AvgIpc) is 2.64. The molecule has 2 rings (SSSR count). The summed E-state index contributed by atoms with van der Waals surface area (Å²) < 4.78 is 0. The highest BCUT2D eigenvalue weighted by Gasteiger charge is 2.12. The Morgan fingerprint density at radius 1 is 1.31 bits per heavy atom. The van der Waals surface area contributed by atoms with Gasteiger partial charge >= 0.3 is 0 Å². The molecule has 1 aromatic heterocycles. The molecule has 0 bridgehead atoms. The second-order valence-corrected chi connectivity index (χ2v) is 4.26. The quantitative estimate of drug-likeness (QED) is 0.863. The molecule has 1 aromatic carbocycles. The lowest BCUT2D eigenvalue weighted by Gasteiger charge is -2.04. The Labute approximate surface area is 104 Å². The van der Waals surface area contributed by atoms with Gasteiger partial charge in [-0.3, -0.25) is 5.10 Å². The monoisotopic (exact) mass is 255 g/mol. The fourth-order valence-electron chi connectivity index (χ4n) is 1.62. The maximum absolute atomic E-state index is 5.98. The number of rotatable bonds is 2. The summed E-state index contributed by atoms with van der Waals surface area (Å²) in [5.41, 5.74) is 8.65. The third kappa shape index (κ3) is 1.88. The molecule has 1 heterocycles. The van der Waals surface area contributed by atoms with Gasteiger partial charge in [-0.05, 0) is 24.1 Å². The Kier molecular flexibility index (Phi) is 3.08. The summed E-state index contributed by atoms with van der Waals surface area (Å²) in [4.78, 5) is 0. The molecule has 2 aromatic rings. The number of hydrogen-bond acceptors (Lipinski definition) is 2. The van der Waals surface area contributed by atoms with E-state index in [9.17, 15) is 0 Å². The molecule has 0 radical (unpaired) electrons. The van der Waals surface area contributed by atoms with E-state index in [1.807, 2.05) is 13.0 Å². The van der Waals surface area contributed by atoms with Crippen molar-refractivity contribution >= 4 is 29.0 Å². The summed E-state index contributed by atoms with van der Waals surface area (Å²) >= 11 is 11.8. The molecule has 0 atom stereocenters. The number of aromatic nitrogens is 2. The van der Waals surface area contributed by atoms with E-state index in [1.165, 1.54) is 0 Å². The van der Waals surface area contributed by atoms with Crippen molar-refractivity contribution in [3.05, 3.63) is 33.9 Å². The predicted octanol–water partition coefficient (Wildman–Crippen LogP) is 3.53. The standard InChI is InChI=1S/C11H11Cl2N3/c1-2-9-10(11(14)16-15-9)6-3-4-7(12)8(13)5-6/h3-5H,2H2,1H3,(H3,14,15,16). The molecule has 0 aliphatic carbocycles. The van der Waals surface area contributed by atoms with Crippen molar-refractivity contribution in [2.75, 3.05) is 5.73 Å². The van der Waals surface area contributed by atoms with Crippen molar-refractivity contribution in [1.82, 2.24) is 10.2 Å². The van der Waals surface area contributed by atoms with E-state index in [1.54, 1.807) is 12.1 Å². The summed E-state index contributed by atoms with van der Waals surface area (Å²) in [6, 6.07) is 5.43. The number of aromatic amines is 1. The van der Waals surface area contributed by atoms with E-state index in [2.05, 4.69) is 10.2 Å². The van der Waals surface area contributed by atoms with Gasteiger partial charge in [0.2, 0.25) is 0 Å². The van der Waals surface area contributed by atoms with Gasteiger partial charge in [0.15, 0.2) is 5.82 Å². The number of H-pyrrole nitrogens is 1. The molecule has 84 valence electrons. The molecule has 3 N–H and O–H groups in total. The van der Waals surface area contributed by atoms with Crippen molar-refractivity contribution in [2.45, 2.75) is 13.3 Å². The van der Waals surface area contributed by atoms with E-state index in [0.29, 0.717) is 15.9 Å². The first kappa shape index (κ1) is 11.3. The highest BCUT2D eigenvalue weighted by atomic mass is 35.5. The van der Waals surface area contributed by atoms with Gasteiger partial charge in [-0.25, -0.2) is 0 Å². The van der Waals surface area contributed by atoms with Crippen LogP contribution in [0, 0.1) is 0 Å². The molecule has 0 amide bonds. The van der Waals surface area contributed by atoms with Crippen LogP contribution < -0.4 is 5.73 Å². The van der Waals surface area contributed by atoms with Crippen LogP contribution >= 0.6 is 23.2 Å². The normalized spacial score (nSPS) is 10.7. The minimum atomic E-state index is 0.482. The van der Waals surface area contributed by atoms with Gasteiger partial charge in [0.1, 0.15) is 0 Å². The van der Waals surface area contributed by atoms with Crippen LogP contribution in [0.15, 0.2) is 18.2 Å². The Hall–Kier alpha value is -1.19. The lowest BCUT2D eigenvalue weighted by Crippen LogP contribution is -1.90. The van der Waals surface area contributed by atoms with Crippen LogP contribution in [0.25, 0.3) is 11.1 Å². The highest BCUT2D eigenvalue weighted by molar-refractivity contribution is 6.42. The van der Waals surface area contributed by atoms with Gasteiger partial charge in [-0.2, -0.15) is 5.10 Å². The molecule has 0 spiro atoms. The lowest BCUT2D eigenvalue weighted by molar-refractivity contribution is 0.978. The van der Waals surface area contributed by atoms with Crippen molar-refractivity contribution in [1.29, 1.82) is 0 Å². The molecule has 0 aliphatic heterocycles. The third-order valence-corrected chi connectivity index (χ3v) is 3.17. The van der Waals surface area contributed by atoms with E-state index < -0.39 is 0 Å². The summed E-state index contributed by atoms with van der Waals surface area (Å²) in [6.07, 6.45) is 0.833. The first-order chi connectivity index (χ1) is 7.63. The molecule has 0 unspecified atom stereocenters. The van der Waals surface area contributed by atoms with Gasteiger partial charge in [-0.15, -0.1) is 0 Å². The smallest absolute Gasteiger partial charge is 0.153 e. The summed E-state index contributed by atoms with van der Waals surface area (Å²) in [6.45, 7) is 2.04. The second-order valence-electron chi connectivity index (χ2n) is 3.44. The number of benzene rings is 1. The van der Waals surface area contributed by atoms with Crippen LogP contribution in [0.2, 0.25) is 10.0 Å². The number of halogens is 2. The van der Waals surface area contributed by atoms with Crippen LogP contribution in [0.5, 0.6) is 0 Å². The molecule has 16 heavy (non-hydrogen) atoms. The Balaban J connectivity index is 2.57. The lowest BCUT2D eigenvalue weighted by atomic mass is 10.0. The third-order valence-electron chi connectivity index (χ3n) is 2.43. The highest BCUT2D eigenvalue weighted by Crippen LogP contribution is 2.32. The predicted molar refractivity (Wildman–Crippen MR) is 67.8 cm³/mol. The van der Waals surface area contributed by atoms with Gasteiger partial charge in [0, 0.05) is 11.3 Å². The largest absolute Gasteiger partial charge is 0.382 e. The van der Waals surface area contributed by atoms with E-state index >= 15 is 0 Å². The SMILES string of the molecule is CCc1[nH]nc(N)c1-c1ccc(Cl)c(Cl)c1. The fraction of sp³-hybridized carbons (Fsp3) is 0.182. The number of anilines is 1. The zero-order valence-electron chi connectivity index (χ0n) is 8.72. The Bertz CT molecular complexity index is 520. The molecule has 0 saturated heterocycles. The number of nitrogens with two attached hydrogens (primary N) is 1. The molecular weight excluding hydrogens is 245 g/mol. The molecule has 0 fully saturated rings. The fourth-order valence-corrected chi connectivity index (χ4v) is 1.92. The molecule has 5 heteroatoms. The van der Waals surface area contributed by atoms with E-state index in [0.717, 1.165) is 23.2 Å². The Morgan fingerprint density at radius 2 is 2.06 bits per heavy atom. The zero-order valence-corrected chi connectivity index (χ0v) is 10.2. The number of aryl methyl sites for hydroxylation is 1. The van der Waals surface area contributed by atoms with E-state index in [4.69, 9.17) is 28.9 Å². The second kappa shape index (κ2) is 4.36. The van der Waals surface area contributed by atoms with Gasteiger partial charge in [-0.1, -0.05) is 36.2 Å². The van der Waals surface area contributed by atoms with Crippen molar-refractivity contribution in [2.24, 2.45) is 0 Å². The zero-order chi connectivity index (χ0) is 11.7. The van der Waals surface area contributed by atoms with Crippen LogP contribution in [-0.2, 0) is 6.42 Å². The van der Waals surface area contributed by atoms with Crippen molar-refractivity contribution in [3.63, 3.8) is 0 Å². The maximum Gasteiger partial charge on any atom is 0.153 e.